The Hall–Kier alpha value is -2.36. The molecule has 1 unspecified atom stereocenters. The summed E-state index contributed by atoms with van der Waals surface area (Å²) in [6, 6.07) is 6.04. The summed E-state index contributed by atoms with van der Waals surface area (Å²) in [5, 5.41) is 19.5. The van der Waals surface area contributed by atoms with Crippen molar-refractivity contribution in [1.29, 1.82) is 0 Å². The minimum atomic E-state index is -1.82. The summed E-state index contributed by atoms with van der Waals surface area (Å²) in [7, 11) is 1.60. The van der Waals surface area contributed by atoms with E-state index in [2.05, 4.69) is 17.1 Å². The van der Waals surface area contributed by atoms with Gasteiger partial charge < -0.3 is 20.3 Å². The van der Waals surface area contributed by atoms with E-state index in [1.165, 1.54) is 17.8 Å². The fourth-order valence-electron chi connectivity index (χ4n) is 3.23. The number of rotatable bonds is 5. The molecule has 3 rings (SSSR count). The van der Waals surface area contributed by atoms with Gasteiger partial charge in [0.25, 0.3) is 5.91 Å². The largest absolute Gasteiger partial charge is 0.494 e. The first-order valence-electron chi connectivity index (χ1n) is 9.03. The zero-order chi connectivity index (χ0) is 21.6. The maximum atomic E-state index is 12.6. The van der Waals surface area contributed by atoms with Crippen molar-refractivity contribution in [2.75, 3.05) is 26.7 Å². The van der Waals surface area contributed by atoms with Crippen molar-refractivity contribution in [2.45, 2.75) is 25.8 Å². The molecule has 1 saturated heterocycles. The maximum Gasteiger partial charge on any atom is 0.414 e. The number of methoxy groups -OCH3 is 1. The molecule has 1 aliphatic heterocycles. The molecule has 1 aromatic heterocycles. The topological polar surface area (TPSA) is 116 Å². The van der Waals surface area contributed by atoms with E-state index in [-0.39, 0.29) is 5.91 Å². The van der Waals surface area contributed by atoms with Gasteiger partial charge in [-0.25, -0.2) is 9.59 Å². The number of nitrogens with one attached hydrogen (secondary N) is 1. The summed E-state index contributed by atoms with van der Waals surface area (Å²) in [6.07, 6.45) is 2.35. The van der Waals surface area contributed by atoms with E-state index in [1.54, 1.807) is 7.11 Å². The minimum Gasteiger partial charge on any atom is -0.494 e. The standard InChI is InChI=1S/C17H21ClN2O2S.C2H2O4/c1-3-20-8-4-5-12(20)10-19-17(21)16-15(22-2)13-7-6-11(18)9-14(13)23-16;3-1(4)2(5)6/h6-7,9,12H,3-5,8,10H2,1-2H3,(H,19,21);(H,3,4)(H,5,6). The van der Waals surface area contributed by atoms with Gasteiger partial charge in [0.05, 0.1) is 7.11 Å². The molecule has 0 spiro atoms. The number of amides is 1. The third kappa shape index (κ3) is 5.81. The number of likely N-dealkylation sites (tertiary alicyclic amines) is 1. The van der Waals surface area contributed by atoms with Gasteiger partial charge in [-0.1, -0.05) is 18.5 Å². The summed E-state index contributed by atoms with van der Waals surface area (Å²) in [4.78, 5) is 33.8. The van der Waals surface area contributed by atoms with Crippen LogP contribution in [0.2, 0.25) is 5.02 Å². The zero-order valence-corrected chi connectivity index (χ0v) is 17.7. The van der Waals surface area contributed by atoms with Crippen LogP contribution in [0.4, 0.5) is 0 Å². The Morgan fingerprint density at radius 3 is 2.59 bits per heavy atom. The second kappa shape index (κ2) is 10.4. The first-order valence-corrected chi connectivity index (χ1v) is 10.2. The Balaban J connectivity index is 0.000000438. The smallest absolute Gasteiger partial charge is 0.414 e. The molecule has 3 N–H and O–H groups in total. The minimum absolute atomic E-state index is 0.0675. The highest BCUT2D eigenvalue weighted by atomic mass is 35.5. The molecule has 10 heteroatoms. The van der Waals surface area contributed by atoms with Gasteiger partial charge in [0.2, 0.25) is 0 Å². The van der Waals surface area contributed by atoms with E-state index in [0.717, 1.165) is 29.6 Å². The van der Waals surface area contributed by atoms with Crippen molar-refractivity contribution in [3.8, 4) is 5.75 Å². The quantitative estimate of drug-likeness (QED) is 0.609. The molecular formula is C19H23ClN2O6S. The van der Waals surface area contributed by atoms with Crippen LogP contribution in [0.15, 0.2) is 18.2 Å². The zero-order valence-electron chi connectivity index (χ0n) is 16.1. The van der Waals surface area contributed by atoms with Gasteiger partial charge in [0.15, 0.2) is 0 Å². The number of halogens is 1. The summed E-state index contributed by atoms with van der Waals surface area (Å²) in [5.74, 6) is -3.08. The Bertz CT molecular complexity index is 888. The number of ether oxygens (including phenoxy) is 1. The lowest BCUT2D eigenvalue weighted by molar-refractivity contribution is -0.159. The van der Waals surface area contributed by atoms with E-state index in [9.17, 15) is 4.79 Å². The lowest BCUT2D eigenvalue weighted by Crippen LogP contribution is -2.39. The molecule has 1 atom stereocenters. The van der Waals surface area contributed by atoms with E-state index >= 15 is 0 Å². The number of hydrogen-bond donors (Lipinski definition) is 3. The number of carboxylic acid groups (broad SMARTS) is 2. The highest BCUT2D eigenvalue weighted by molar-refractivity contribution is 7.21. The van der Waals surface area contributed by atoms with Gasteiger partial charge in [-0.15, -0.1) is 11.3 Å². The van der Waals surface area contributed by atoms with E-state index in [0.29, 0.717) is 28.2 Å². The lowest BCUT2D eigenvalue weighted by atomic mass is 10.2. The van der Waals surface area contributed by atoms with Gasteiger partial charge >= 0.3 is 11.9 Å². The van der Waals surface area contributed by atoms with Crippen molar-refractivity contribution >= 4 is 50.9 Å². The number of hydrogen-bond acceptors (Lipinski definition) is 6. The first kappa shape index (κ1) is 22.9. The van der Waals surface area contributed by atoms with Crippen LogP contribution < -0.4 is 10.1 Å². The normalized spacial score (nSPS) is 16.2. The number of fused-ring (bicyclic) bond motifs is 1. The fourth-order valence-corrected chi connectivity index (χ4v) is 4.60. The van der Waals surface area contributed by atoms with Crippen LogP contribution in [-0.4, -0.2) is 65.7 Å². The molecule has 0 radical (unpaired) electrons. The van der Waals surface area contributed by atoms with Gasteiger partial charge in [-0.3, -0.25) is 9.69 Å². The molecule has 158 valence electrons. The number of aliphatic carboxylic acids is 2. The van der Waals surface area contributed by atoms with Crippen LogP contribution in [0.3, 0.4) is 0 Å². The first-order chi connectivity index (χ1) is 13.8. The lowest BCUT2D eigenvalue weighted by Gasteiger charge is -2.22. The number of nitrogens with zero attached hydrogens (tertiary/aromatic N) is 1. The monoisotopic (exact) mass is 442 g/mol. The third-order valence-corrected chi connectivity index (χ3v) is 5.97. The average Bonchev–Trinajstić information content (AvgIpc) is 3.29. The maximum absolute atomic E-state index is 12.6. The predicted octanol–water partition coefficient (Wildman–Crippen LogP) is 2.93. The molecule has 1 aliphatic rings. The second-order valence-corrected chi connectivity index (χ2v) is 7.84. The molecule has 0 bridgehead atoms. The van der Waals surface area contributed by atoms with Gasteiger partial charge in [0, 0.05) is 27.7 Å². The number of benzene rings is 1. The van der Waals surface area contributed by atoms with Gasteiger partial charge in [-0.05, 0) is 44.1 Å². The van der Waals surface area contributed by atoms with E-state index in [4.69, 9.17) is 36.1 Å². The average molecular weight is 443 g/mol. The summed E-state index contributed by atoms with van der Waals surface area (Å²) in [5.41, 5.74) is 0. The highest BCUT2D eigenvalue weighted by Crippen LogP contribution is 2.38. The molecule has 0 saturated carbocycles. The SMILES string of the molecule is CCN1CCCC1CNC(=O)c1sc2cc(Cl)ccc2c1OC.O=C(O)C(=O)O. The molecule has 29 heavy (non-hydrogen) atoms. The van der Waals surface area contributed by atoms with Crippen molar-refractivity contribution in [3.63, 3.8) is 0 Å². The van der Waals surface area contributed by atoms with Crippen molar-refractivity contribution in [2.24, 2.45) is 0 Å². The molecule has 0 aliphatic carbocycles. The number of carboxylic acids is 2. The molecule has 1 fully saturated rings. The van der Waals surface area contributed by atoms with Crippen LogP contribution >= 0.6 is 22.9 Å². The number of thiophene rings is 1. The van der Waals surface area contributed by atoms with Crippen LogP contribution in [0.25, 0.3) is 10.1 Å². The van der Waals surface area contributed by atoms with Crippen molar-refractivity contribution in [3.05, 3.63) is 28.1 Å². The van der Waals surface area contributed by atoms with Crippen molar-refractivity contribution in [1.82, 2.24) is 10.2 Å². The third-order valence-electron chi connectivity index (χ3n) is 4.60. The fraction of sp³-hybridized carbons (Fsp3) is 0.421. The Morgan fingerprint density at radius 1 is 1.31 bits per heavy atom. The number of likely N-dealkylation sites (N-methyl/N-ethyl adjacent to an activating group) is 1. The Labute approximate surface area is 177 Å². The molecule has 2 heterocycles. The molecule has 1 amide bonds. The van der Waals surface area contributed by atoms with E-state index < -0.39 is 11.9 Å². The van der Waals surface area contributed by atoms with Crippen LogP contribution in [0, 0.1) is 0 Å². The van der Waals surface area contributed by atoms with Crippen LogP contribution in [0.1, 0.15) is 29.4 Å². The number of carbonyl (C=O) groups excluding carboxylic acids is 1. The van der Waals surface area contributed by atoms with Crippen molar-refractivity contribution < 1.29 is 29.3 Å². The number of carbonyl (C=O) groups is 3. The van der Waals surface area contributed by atoms with Gasteiger partial charge in [-0.2, -0.15) is 0 Å². The Kier molecular flexibility index (Phi) is 8.24. The molecule has 1 aromatic carbocycles. The van der Waals surface area contributed by atoms with E-state index in [1.807, 2.05) is 18.2 Å². The summed E-state index contributed by atoms with van der Waals surface area (Å²) < 4.78 is 6.44. The summed E-state index contributed by atoms with van der Waals surface area (Å²) >= 11 is 7.47. The predicted molar refractivity (Wildman–Crippen MR) is 111 cm³/mol. The van der Waals surface area contributed by atoms with Crippen LogP contribution in [0.5, 0.6) is 5.75 Å². The van der Waals surface area contributed by atoms with Crippen LogP contribution in [-0.2, 0) is 9.59 Å². The Morgan fingerprint density at radius 2 is 2.00 bits per heavy atom. The molecule has 2 aromatic rings. The second-order valence-electron chi connectivity index (χ2n) is 6.35. The highest BCUT2D eigenvalue weighted by Gasteiger charge is 2.25. The van der Waals surface area contributed by atoms with Gasteiger partial charge in [0.1, 0.15) is 10.6 Å². The molecule has 8 nitrogen and oxygen atoms in total. The summed E-state index contributed by atoms with van der Waals surface area (Å²) in [6.45, 7) is 5.01. The molecular weight excluding hydrogens is 420 g/mol.